The maximum Gasteiger partial charge on any atom is 0.249 e. The number of nitrogens with one attached hydrogen (secondary N) is 1. The van der Waals surface area contributed by atoms with E-state index in [1.807, 2.05) is 67.8 Å². The van der Waals surface area contributed by atoms with Gasteiger partial charge in [0.05, 0.1) is 13.7 Å². The molecule has 0 radical (unpaired) electrons. The van der Waals surface area contributed by atoms with Gasteiger partial charge in [-0.25, -0.2) is 0 Å². The van der Waals surface area contributed by atoms with Gasteiger partial charge in [-0.2, -0.15) is 0 Å². The molecule has 3 N–H and O–H groups in total. The molecule has 0 aliphatic rings. The number of benzene rings is 2. The Balaban J connectivity index is 1.89. The highest BCUT2D eigenvalue weighted by Crippen LogP contribution is 2.28. The molecule has 0 unspecified atom stereocenters. The number of likely N-dealkylation sites (N-methyl/N-ethyl adjacent to an activating group) is 3. The van der Waals surface area contributed by atoms with E-state index in [4.69, 9.17) is 15.2 Å². The van der Waals surface area contributed by atoms with Crippen LogP contribution < -0.4 is 15.8 Å². The summed E-state index contributed by atoms with van der Waals surface area (Å²) in [6.07, 6.45) is 0.590. The molecule has 0 spiro atoms. The molecule has 216 valence electrons. The third kappa shape index (κ3) is 8.03. The average Bonchev–Trinajstić information content (AvgIpc) is 3.35. The standard InChI is InChI=1S/C30H40N4O5S/c1-30(2,31)19-39-17-27(35)33(4)25(16-21-18-40-26-10-8-7-9-23(21)26)29(37)34(5)24(28(36)32-3)15-20-11-13-22(38-6)14-12-20/h7-14,18,24-25H,15-17,19,31H2,1-6H3,(H,32,36)/t24-,25-/m1/s1. The minimum absolute atomic E-state index is 0.195. The quantitative estimate of drug-likeness (QED) is 0.328. The van der Waals surface area contributed by atoms with Gasteiger partial charge in [-0.15, -0.1) is 11.3 Å². The van der Waals surface area contributed by atoms with Crippen molar-refractivity contribution in [2.45, 2.75) is 44.3 Å². The highest BCUT2D eigenvalue weighted by atomic mass is 32.1. The number of rotatable bonds is 13. The second-order valence-corrected chi connectivity index (χ2v) is 11.5. The molecule has 0 bridgehead atoms. The number of nitrogens with two attached hydrogens (primary N) is 1. The molecule has 1 aromatic heterocycles. The van der Waals surface area contributed by atoms with Gasteiger partial charge < -0.3 is 30.3 Å². The van der Waals surface area contributed by atoms with Crippen molar-refractivity contribution in [3.8, 4) is 5.75 Å². The fourth-order valence-corrected chi connectivity index (χ4v) is 5.39. The maximum atomic E-state index is 14.1. The Bertz CT molecular complexity index is 1300. The number of hydrogen-bond donors (Lipinski definition) is 2. The molecule has 3 aromatic rings. The van der Waals surface area contributed by atoms with E-state index < -0.39 is 17.6 Å². The summed E-state index contributed by atoms with van der Waals surface area (Å²) in [5.41, 5.74) is 7.23. The van der Waals surface area contributed by atoms with E-state index in [0.717, 1.165) is 21.2 Å². The van der Waals surface area contributed by atoms with Crippen molar-refractivity contribution < 1.29 is 23.9 Å². The molecular formula is C30H40N4O5S. The SMILES string of the molecule is CNC(=O)[C@@H](Cc1ccc(OC)cc1)N(C)C(=O)[C@@H](Cc1csc2ccccc12)N(C)C(=O)COCC(C)(C)N. The molecule has 2 aromatic carbocycles. The second kappa shape index (κ2) is 13.7. The molecule has 3 amide bonds. The predicted molar refractivity (Wildman–Crippen MR) is 158 cm³/mol. The zero-order valence-electron chi connectivity index (χ0n) is 24.1. The molecule has 0 aliphatic carbocycles. The summed E-state index contributed by atoms with van der Waals surface area (Å²) in [6, 6.07) is 13.7. The van der Waals surface area contributed by atoms with E-state index >= 15 is 0 Å². The van der Waals surface area contributed by atoms with E-state index in [1.54, 1.807) is 39.6 Å². The third-order valence-corrected chi connectivity index (χ3v) is 7.78. The molecule has 0 aliphatic heterocycles. The van der Waals surface area contributed by atoms with E-state index in [9.17, 15) is 14.4 Å². The number of thiophene rings is 1. The lowest BCUT2D eigenvalue weighted by atomic mass is 9.99. The Kier molecular flexibility index (Phi) is 10.7. The lowest BCUT2D eigenvalue weighted by Gasteiger charge is -2.34. The van der Waals surface area contributed by atoms with Gasteiger partial charge in [0.1, 0.15) is 24.4 Å². The fourth-order valence-electron chi connectivity index (χ4n) is 4.41. The molecule has 40 heavy (non-hydrogen) atoms. The summed E-state index contributed by atoms with van der Waals surface area (Å²) in [5.74, 6) is -0.281. The number of fused-ring (bicyclic) bond motifs is 1. The first kappa shape index (κ1) is 31.1. The van der Waals surface area contributed by atoms with E-state index in [0.29, 0.717) is 18.6 Å². The van der Waals surface area contributed by atoms with Gasteiger partial charge >= 0.3 is 0 Å². The van der Waals surface area contributed by atoms with Gasteiger partial charge in [0.15, 0.2) is 0 Å². The molecule has 3 rings (SSSR count). The molecule has 0 fully saturated rings. The number of hydrogen-bond acceptors (Lipinski definition) is 7. The first-order valence-corrected chi connectivity index (χ1v) is 14.0. The molecular weight excluding hydrogens is 528 g/mol. The number of nitrogens with zero attached hydrogens (tertiary/aromatic N) is 2. The third-order valence-electron chi connectivity index (χ3n) is 6.77. The van der Waals surface area contributed by atoms with Crippen molar-refractivity contribution >= 4 is 39.1 Å². The number of ether oxygens (including phenoxy) is 2. The van der Waals surface area contributed by atoms with Gasteiger partial charge in [-0.3, -0.25) is 14.4 Å². The normalized spacial score (nSPS) is 13.0. The molecule has 1 heterocycles. The summed E-state index contributed by atoms with van der Waals surface area (Å²) in [6.45, 7) is 3.61. The van der Waals surface area contributed by atoms with Crippen LogP contribution in [0.5, 0.6) is 5.75 Å². The molecule has 0 saturated carbocycles. The van der Waals surface area contributed by atoms with Crippen molar-refractivity contribution in [2.75, 3.05) is 41.5 Å². The van der Waals surface area contributed by atoms with Gasteiger partial charge in [0.2, 0.25) is 17.7 Å². The first-order valence-electron chi connectivity index (χ1n) is 13.1. The minimum atomic E-state index is -0.854. The summed E-state index contributed by atoms with van der Waals surface area (Å²) in [5, 5.41) is 5.73. The Morgan fingerprint density at radius 2 is 1.68 bits per heavy atom. The first-order chi connectivity index (χ1) is 18.9. The van der Waals surface area contributed by atoms with Crippen LogP contribution in [0.15, 0.2) is 53.9 Å². The van der Waals surface area contributed by atoms with Crippen molar-refractivity contribution in [3.63, 3.8) is 0 Å². The van der Waals surface area contributed by atoms with E-state index in [1.165, 1.54) is 9.80 Å². The number of amides is 3. The average molecular weight is 569 g/mol. The number of carbonyl (C=O) groups excluding carboxylic acids is 3. The van der Waals surface area contributed by atoms with Crippen LogP contribution in [-0.2, 0) is 32.0 Å². The van der Waals surface area contributed by atoms with Crippen LogP contribution in [0.2, 0.25) is 0 Å². The largest absolute Gasteiger partial charge is 0.497 e. The van der Waals surface area contributed by atoms with Gasteiger partial charge in [0.25, 0.3) is 0 Å². The van der Waals surface area contributed by atoms with E-state index in [2.05, 4.69) is 5.32 Å². The molecule has 0 saturated heterocycles. The Labute approximate surface area is 240 Å². The summed E-state index contributed by atoms with van der Waals surface area (Å²) < 4.78 is 11.9. The highest BCUT2D eigenvalue weighted by molar-refractivity contribution is 7.17. The van der Waals surface area contributed by atoms with Gasteiger partial charge in [-0.05, 0) is 53.9 Å². The van der Waals surface area contributed by atoms with Crippen LogP contribution in [0.3, 0.4) is 0 Å². The number of carbonyl (C=O) groups is 3. The van der Waals surface area contributed by atoms with E-state index in [-0.39, 0.29) is 30.9 Å². The van der Waals surface area contributed by atoms with Crippen LogP contribution in [-0.4, -0.2) is 86.6 Å². The Hall–Kier alpha value is -3.47. The Morgan fingerprint density at radius 3 is 2.30 bits per heavy atom. The van der Waals surface area contributed by atoms with Gasteiger partial charge in [0, 0.05) is 44.2 Å². The topological polar surface area (TPSA) is 114 Å². The molecule has 10 heteroatoms. The van der Waals surface area contributed by atoms with Gasteiger partial charge in [-0.1, -0.05) is 30.3 Å². The monoisotopic (exact) mass is 568 g/mol. The lowest BCUT2D eigenvalue weighted by Crippen LogP contribution is -2.56. The van der Waals surface area contributed by atoms with Crippen LogP contribution >= 0.6 is 11.3 Å². The Morgan fingerprint density at radius 1 is 1.00 bits per heavy atom. The van der Waals surface area contributed by atoms with Crippen LogP contribution in [0.1, 0.15) is 25.0 Å². The molecule has 2 atom stereocenters. The van der Waals surface area contributed by atoms with Crippen molar-refractivity contribution in [3.05, 3.63) is 65.0 Å². The highest BCUT2D eigenvalue weighted by Gasteiger charge is 2.35. The summed E-state index contributed by atoms with van der Waals surface area (Å²) in [4.78, 5) is 43.2. The van der Waals surface area contributed by atoms with Crippen molar-refractivity contribution in [1.29, 1.82) is 0 Å². The zero-order chi connectivity index (χ0) is 29.4. The zero-order valence-corrected chi connectivity index (χ0v) is 24.9. The lowest BCUT2D eigenvalue weighted by molar-refractivity contribution is -0.149. The smallest absolute Gasteiger partial charge is 0.249 e. The maximum absolute atomic E-state index is 14.1. The molecule has 9 nitrogen and oxygen atoms in total. The van der Waals surface area contributed by atoms with Crippen LogP contribution in [0, 0.1) is 0 Å². The fraction of sp³-hybridized carbons (Fsp3) is 0.433. The summed E-state index contributed by atoms with van der Waals surface area (Å²) in [7, 11) is 6.34. The second-order valence-electron chi connectivity index (χ2n) is 10.6. The summed E-state index contributed by atoms with van der Waals surface area (Å²) >= 11 is 1.59. The van der Waals surface area contributed by atoms with Crippen molar-refractivity contribution in [1.82, 2.24) is 15.1 Å². The predicted octanol–water partition coefficient (Wildman–Crippen LogP) is 2.85. The number of methoxy groups -OCH3 is 1. The van der Waals surface area contributed by atoms with Crippen LogP contribution in [0.4, 0.5) is 0 Å². The van der Waals surface area contributed by atoms with Crippen molar-refractivity contribution in [2.24, 2.45) is 5.73 Å². The minimum Gasteiger partial charge on any atom is -0.497 e. The van der Waals surface area contributed by atoms with Crippen LogP contribution in [0.25, 0.3) is 10.1 Å².